The first-order valence-corrected chi connectivity index (χ1v) is 8.79. The summed E-state index contributed by atoms with van der Waals surface area (Å²) in [5.41, 5.74) is 3.45. The Labute approximate surface area is 154 Å². The molecule has 1 aliphatic heterocycles. The summed E-state index contributed by atoms with van der Waals surface area (Å²) in [5.74, 6) is 0.00737. The Morgan fingerprint density at radius 3 is 2.58 bits per heavy atom. The van der Waals surface area contributed by atoms with Crippen LogP contribution >= 0.6 is 0 Å². The lowest BCUT2D eigenvalue weighted by Gasteiger charge is -2.28. The molecule has 0 radical (unpaired) electrons. The zero-order valence-corrected chi connectivity index (χ0v) is 15.2. The van der Waals surface area contributed by atoms with Crippen LogP contribution in [0.5, 0.6) is 5.75 Å². The molecule has 3 rings (SSSR count). The highest BCUT2D eigenvalue weighted by Crippen LogP contribution is 2.39. The molecule has 2 aromatic rings. The summed E-state index contributed by atoms with van der Waals surface area (Å²) in [7, 11) is 1.74. The maximum atomic E-state index is 10.9. The molecule has 2 aromatic carbocycles. The Morgan fingerprint density at radius 2 is 1.88 bits per heavy atom. The number of carboxylic acids is 1. The van der Waals surface area contributed by atoms with E-state index in [-0.39, 0.29) is 11.0 Å². The first kappa shape index (κ1) is 18.2. The normalized spacial score (nSPS) is 19.6. The summed E-state index contributed by atoms with van der Waals surface area (Å²) in [5, 5.41) is 8.96. The molecule has 0 fully saturated rings. The van der Waals surface area contributed by atoms with E-state index in [0.717, 1.165) is 36.3 Å². The highest BCUT2D eigenvalue weighted by atomic mass is 16.5. The van der Waals surface area contributed by atoms with Gasteiger partial charge in [-0.1, -0.05) is 43.3 Å². The largest absolute Gasteiger partial charge is 0.493 e. The number of carbonyl (C=O) groups is 1. The number of hydrogen-bond acceptors (Lipinski definition) is 3. The van der Waals surface area contributed by atoms with Crippen LogP contribution in [0.3, 0.4) is 0 Å². The first-order chi connectivity index (χ1) is 12.5. The molecule has 0 saturated carbocycles. The monoisotopic (exact) mass is 352 g/mol. The van der Waals surface area contributed by atoms with Gasteiger partial charge in [0.15, 0.2) is 0 Å². The maximum absolute atomic E-state index is 10.9. The Morgan fingerprint density at radius 1 is 1.19 bits per heavy atom. The zero-order chi connectivity index (χ0) is 18.6. The van der Waals surface area contributed by atoms with Crippen molar-refractivity contribution in [2.24, 2.45) is 0 Å². The van der Waals surface area contributed by atoms with Crippen molar-refractivity contribution in [3.05, 3.63) is 64.7 Å². The van der Waals surface area contributed by atoms with Crippen LogP contribution in [0, 0.1) is 0 Å². The number of carboxylic acid groups (broad SMARTS) is 1. The van der Waals surface area contributed by atoms with E-state index in [9.17, 15) is 4.79 Å². The average molecular weight is 352 g/mol. The molecule has 4 heteroatoms. The Hall–Kier alpha value is -2.59. The molecule has 1 atom stereocenters. The third kappa shape index (κ3) is 3.97. The number of ether oxygens (including phenoxy) is 2. The van der Waals surface area contributed by atoms with Crippen LogP contribution in [0.1, 0.15) is 46.8 Å². The highest BCUT2D eigenvalue weighted by Gasteiger charge is 2.31. The van der Waals surface area contributed by atoms with Crippen LogP contribution in [0.15, 0.2) is 42.5 Å². The second-order valence-electron chi connectivity index (χ2n) is 6.96. The fraction of sp³-hybridized carbons (Fsp3) is 0.318. The van der Waals surface area contributed by atoms with Gasteiger partial charge in [-0.25, -0.2) is 4.79 Å². The van der Waals surface area contributed by atoms with Gasteiger partial charge in [-0.05, 0) is 42.2 Å². The maximum Gasteiger partial charge on any atom is 0.335 e. The van der Waals surface area contributed by atoms with Crippen LogP contribution in [0.4, 0.5) is 0 Å². The van der Waals surface area contributed by atoms with Crippen molar-refractivity contribution in [1.82, 2.24) is 0 Å². The zero-order valence-electron chi connectivity index (χ0n) is 15.2. The lowest BCUT2D eigenvalue weighted by molar-refractivity contribution is 0.0697. The molecule has 1 N–H and O–H groups in total. The SMILES string of the molecule is COCC1(C)CCCOc2cc(C=Cc3ccc(C(=O)O)cc3)ccc21. The molecule has 1 unspecified atom stereocenters. The Kier molecular flexibility index (Phi) is 5.43. The summed E-state index contributed by atoms with van der Waals surface area (Å²) in [4.78, 5) is 10.9. The molecule has 0 spiro atoms. The van der Waals surface area contributed by atoms with E-state index in [1.54, 1.807) is 31.4 Å². The van der Waals surface area contributed by atoms with Gasteiger partial charge >= 0.3 is 5.97 Å². The molecule has 4 nitrogen and oxygen atoms in total. The second-order valence-corrected chi connectivity index (χ2v) is 6.96. The van der Waals surface area contributed by atoms with Gasteiger partial charge in [0.2, 0.25) is 0 Å². The first-order valence-electron chi connectivity index (χ1n) is 8.79. The van der Waals surface area contributed by atoms with Gasteiger partial charge in [-0.2, -0.15) is 0 Å². The van der Waals surface area contributed by atoms with E-state index < -0.39 is 5.97 Å². The molecule has 1 aliphatic rings. The Balaban J connectivity index is 1.84. The van der Waals surface area contributed by atoms with Crippen LogP contribution < -0.4 is 4.74 Å². The molecule has 1 heterocycles. The molecule has 0 aliphatic carbocycles. The summed E-state index contributed by atoms with van der Waals surface area (Å²) < 4.78 is 11.4. The van der Waals surface area contributed by atoms with Gasteiger partial charge < -0.3 is 14.6 Å². The second kappa shape index (κ2) is 7.75. The quantitative estimate of drug-likeness (QED) is 0.797. The van der Waals surface area contributed by atoms with E-state index in [4.69, 9.17) is 14.6 Å². The van der Waals surface area contributed by atoms with Crippen molar-refractivity contribution < 1.29 is 19.4 Å². The van der Waals surface area contributed by atoms with Crippen LogP contribution in [0.2, 0.25) is 0 Å². The van der Waals surface area contributed by atoms with E-state index in [2.05, 4.69) is 25.1 Å². The minimum absolute atomic E-state index is 0.0323. The molecular weight excluding hydrogens is 328 g/mol. The smallest absolute Gasteiger partial charge is 0.335 e. The lowest BCUT2D eigenvalue weighted by Crippen LogP contribution is -2.27. The van der Waals surface area contributed by atoms with Crippen molar-refractivity contribution in [2.45, 2.75) is 25.2 Å². The summed E-state index contributed by atoms with van der Waals surface area (Å²) in [6.07, 6.45) is 6.03. The third-order valence-electron chi connectivity index (χ3n) is 4.88. The molecule has 26 heavy (non-hydrogen) atoms. The number of fused-ring (bicyclic) bond motifs is 1. The molecule has 0 saturated heterocycles. The standard InChI is InChI=1S/C22H24O4/c1-22(15-25-2)12-3-13-26-20-14-17(8-11-19(20)22)5-4-16-6-9-18(10-7-16)21(23)24/h4-11,14H,3,12-13,15H2,1-2H3,(H,23,24). The number of aromatic carboxylic acids is 1. The highest BCUT2D eigenvalue weighted by molar-refractivity contribution is 5.88. The third-order valence-corrected chi connectivity index (χ3v) is 4.88. The number of rotatable bonds is 5. The topological polar surface area (TPSA) is 55.8 Å². The van der Waals surface area contributed by atoms with Crippen LogP contribution in [-0.2, 0) is 10.2 Å². The van der Waals surface area contributed by atoms with Gasteiger partial charge in [0.1, 0.15) is 5.75 Å². The molecular formula is C22H24O4. The van der Waals surface area contributed by atoms with Gasteiger partial charge in [-0.15, -0.1) is 0 Å². The molecule has 136 valence electrons. The molecule has 0 amide bonds. The van der Waals surface area contributed by atoms with Crippen LogP contribution in [0.25, 0.3) is 12.2 Å². The van der Waals surface area contributed by atoms with Gasteiger partial charge in [0.05, 0.1) is 18.8 Å². The predicted octanol–water partition coefficient (Wildman–Crippen LogP) is 4.63. The van der Waals surface area contributed by atoms with Crippen molar-refractivity contribution in [3.63, 3.8) is 0 Å². The molecule has 0 aromatic heterocycles. The van der Waals surface area contributed by atoms with Crippen molar-refractivity contribution in [2.75, 3.05) is 20.3 Å². The van der Waals surface area contributed by atoms with E-state index in [1.165, 1.54) is 5.56 Å². The minimum Gasteiger partial charge on any atom is -0.493 e. The summed E-state index contributed by atoms with van der Waals surface area (Å²) in [6.45, 7) is 3.62. The number of benzene rings is 2. The van der Waals surface area contributed by atoms with Crippen LogP contribution in [-0.4, -0.2) is 31.4 Å². The minimum atomic E-state index is -0.914. The summed E-state index contributed by atoms with van der Waals surface area (Å²) in [6, 6.07) is 13.1. The molecule has 0 bridgehead atoms. The van der Waals surface area contributed by atoms with E-state index in [0.29, 0.717) is 6.61 Å². The van der Waals surface area contributed by atoms with Gasteiger partial charge in [0, 0.05) is 18.1 Å². The van der Waals surface area contributed by atoms with Crippen molar-refractivity contribution in [1.29, 1.82) is 0 Å². The van der Waals surface area contributed by atoms with Gasteiger partial charge in [0.25, 0.3) is 0 Å². The summed E-state index contributed by atoms with van der Waals surface area (Å²) >= 11 is 0. The van der Waals surface area contributed by atoms with Crippen molar-refractivity contribution in [3.8, 4) is 5.75 Å². The van der Waals surface area contributed by atoms with Gasteiger partial charge in [-0.3, -0.25) is 0 Å². The fourth-order valence-corrected chi connectivity index (χ4v) is 3.44. The van der Waals surface area contributed by atoms with E-state index >= 15 is 0 Å². The average Bonchev–Trinajstić information content (AvgIpc) is 2.79. The fourth-order valence-electron chi connectivity index (χ4n) is 3.44. The lowest BCUT2D eigenvalue weighted by atomic mass is 9.79. The van der Waals surface area contributed by atoms with Crippen molar-refractivity contribution >= 4 is 18.1 Å². The number of hydrogen-bond donors (Lipinski definition) is 1. The Bertz CT molecular complexity index is 807. The van der Waals surface area contributed by atoms with E-state index in [1.807, 2.05) is 12.2 Å². The number of methoxy groups -OCH3 is 1. The predicted molar refractivity (Wildman–Crippen MR) is 103 cm³/mol.